The molecule has 1 aromatic heterocycles. The standard InChI is InChI=1S/C17H18ClN3O2/c18-11-8-10(16(22)14-9(11)4-3-7-19-14)15-17(23)21-13-6-2-1-5-12(13)20-15/h3-4,7-8,12-13,15,20,22H,1-2,5-6H2,(H,21,23)/t12-,13-,15?/m1/s1. The number of pyridine rings is 1. The van der Waals surface area contributed by atoms with E-state index in [4.69, 9.17) is 11.6 Å². The Morgan fingerprint density at radius 2 is 2.04 bits per heavy atom. The zero-order chi connectivity index (χ0) is 16.0. The van der Waals surface area contributed by atoms with Crippen LogP contribution in [0.3, 0.4) is 0 Å². The predicted octanol–water partition coefficient (Wildman–Crippen LogP) is 2.67. The minimum atomic E-state index is -0.599. The second kappa shape index (κ2) is 5.65. The van der Waals surface area contributed by atoms with Gasteiger partial charge in [-0.1, -0.05) is 24.4 Å². The molecule has 2 aromatic rings. The van der Waals surface area contributed by atoms with Gasteiger partial charge in [-0.2, -0.15) is 0 Å². The molecule has 1 saturated heterocycles. The summed E-state index contributed by atoms with van der Waals surface area (Å²) in [6.07, 6.45) is 5.94. The predicted molar refractivity (Wildman–Crippen MR) is 88.5 cm³/mol. The first-order valence-corrected chi connectivity index (χ1v) is 8.35. The summed E-state index contributed by atoms with van der Waals surface area (Å²) in [7, 11) is 0. The van der Waals surface area contributed by atoms with E-state index in [0.29, 0.717) is 21.5 Å². The molecule has 1 unspecified atom stereocenters. The van der Waals surface area contributed by atoms with Crippen LogP contribution in [0.2, 0.25) is 5.02 Å². The molecule has 6 heteroatoms. The summed E-state index contributed by atoms with van der Waals surface area (Å²) < 4.78 is 0. The minimum absolute atomic E-state index is 0.0203. The first kappa shape index (κ1) is 14.7. The Balaban J connectivity index is 1.76. The Labute approximate surface area is 139 Å². The fourth-order valence-corrected chi connectivity index (χ4v) is 3.99. The van der Waals surface area contributed by atoms with Crippen molar-refractivity contribution in [1.82, 2.24) is 15.6 Å². The molecule has 1 aromatic carbocycles. The number of amides is 1. The van der Waals surface area contributed by atoms with E-state index in [9.17, 15) is 9.90 Å². The molecule has 23 heavy (non-hydrogen) atoms. The molecule has 3 N–H and O–H groups in total. The van der Waals surface area contributed by atoms with Crippen molar-refractivity contribution in [2.24, 2.45) is 0 Å². The third-order valence-corrected chi connectivity index (χ3v) is 5.21. The number of hydrogen-bond acceptors (Lipinski definition) is 4. The van der Waals surface area contributed by atoms with Crippen molar-refractivity contribution < 1.29 is 9.90 Å². The van der Waals surface area contributed by atoms with Crippen LogP contribution in [0.15, 0.2) is 24.4 Å². The third kappa shape index (κ3) is 2.44. The van der Waals surface area contributed by atoms with Crippen molar-refractivity contribution in [3.05, 3.63) is 35.0 Å². The van der Waals surface area contributed by atoms with E-state index in [0.717, 1.165) is 25.7 Å². The molecule has 1 aliphatic heterocycles. The van der Waals surface area contributed by atoms with Crippen LogP contribution in [-0.4, -0.2) is 28.1 Å². The lowest BCUT2D eigenvalue weighted by molar-refractivity contribution is -0.127. The summed E-state index contributed by atoms with van der Waals surface area (Å²) in [5.41, 5.74) is 0.915. The summed E-state index contributed by atoms with van der Waals surface area (Å²) in [5, 5.41) is 18.3. The maximum absolute atomic E-state index is 12.5. The molecule has 0 radical (unpaired) electrons. The molecule has 2 aliphatic rings. The van der Waals surface area contributed by atoms with Crippen LogP contribution in [0.4, 0.5) is 0 Å². The smallest absolute Gasteiger partial charge is 0.242 e. The average molecular weight is 332 g/mol. The first-order valence-electron chi connectivity index (χ1n) is 7.97. The number of fused-ring (bicyclic) bond motifs is 2. The number of rotatable bonds is 1. The van der Waals surface area contributed by atoms with Crippen molar-refractivity contribution in [3.63, 3.8) is 0 Å². The molecule has 5 nitrogen and oxygen atoms in total. The van der Waals surface area contributed by atoms with Gasteiger partial charge in [0.2, 0.25) is 5.91 Å². The number of nitrogens with one attached hydrogen (secondary N) is 2. The largest absolute Gasteiger partial charge is 0.505 e. The number of phenols is 1. The van der Waals surface area contributed by atoms with Crippen LogP contribution >= 0.6 is 11.6 Å². The SMILES string of the molecule is O=C1N[C@@H]2CCCC[C@H]2NC1c1cc(Cl)c2cccnc2c1O. The lowest BCUT2D eigenvalue weighted by Crippen LogP contribution is -2.61. The average Bonchev–Trinajstić information content (AvgIpc) is 2.58. The van der Waals surface area contributed by atoms with Gasteiger partial charge in [0.05, 0.1) is 5.02 Å². The Morgan fingerprint density at radius 3 is 2.87 bits per heavy atom. The van der Waals surface area contributed by atoms with Gasteiger partial charge < -0.3 is 10.4 Å². The Bertz CT molecular complexity index is 780. The summed E-state index contributed by atoms with van der Waals surface area (Å²) >= 11 is 6.33. The van der Waals surface area contributed by atoms with Gasteiger partial charge in [0.15, 0.2) is 0 Å². The molecule has 120 valence electrons. The minimum Gasteiger partial charge on any atom is -0.505 e. The molecular formula is C17H18ClN3O2. The van der Waals surface area contributed by atoms with Crippen molar-refractivity contribution >= 4 is 28.4 Å². The number of carbonyl (C=O) groups is 1. The van der Waals surface area contributed by atoms with Gasteiger partial charge in [0, 0.05) is 29.2 Å². The van der Waals surface area contributed by atoms with E-state index in [1.54, 1.807) is 24.4 Å². The van der Waals surface area contributed by atoms with Crippen LogP contribution < -0.4 is 10.6 Å². The second-order valence-electron chi connectivity index (χ2n) is 6.30. The summed E-state index contributed by atoms with van der Waals surface area (Å²) in [5.74, 6) is -0.0956. The van der Waals surface area contributed by atoms with E-state index in [1.165, 1.54) is 0 Å². The number of phenolic OH excluding ortho intramolecular Hbond substituents is 1. The van der Waals surface area contributed by atoms with Crippen LogP contribution in [-0.2, 0) is 4.79 Å². The molecule has 4 rings (SSSR count). The number of carbonyl (C=O) groups excluding carboxylic acids is 1. The number of benzene rings is 1. The highest BCUT2D eigenvalue weighted by molar-refractivity contribution is 6.35. The van der Waals surface area contributed by atoms with Gasteiger partial charge >= 0.3 is 0 Å². The maximum atomic E-state index is 12.5. The van der Waals surface area contributed by atoms with Crippen molar-refractivity contribution in [2.75, 3.05) is 0 Å². The molecular weight excluding hydrogens is 314 g/mol. The second-order valence-corrected chi connectivity index (χ2v) is 6.71. The topological polar surface area (TPSA) is 74.2 Å². The van der Waals surface area contributed by atoms with E-state index in [2.05, 4.69) is 15.6 Å². The van der Waals surface area contributed by atoms with Gasteiger partial charge in [-0.3, -0.25) is 15.1 Å². The van der Waals surface area contributed by atoms with Gasteiger partial charge in [-0.15, -0.1) is 0 Å². The van der Waals surface area contributed by atoms with Crippen LogP contribution in [0.1, 0.15) is 37.3 Å². The Morgan fingerprint density at radius 1 is 1.26 bits per heavy atom. The Hall–Kier alpha value is -1.85. The number of nitrogens with zero attached hydrogens (tertiary/aromatic N) is 1. The van der Waals surface area contributed by atoms with Crippen LogP contribution in [0, 0.1) is 0 Å². The van der Waals surface area contributed by atoms with Gasteiger partial charge in [-0.25, -0.2) is 0 Å². The molecule has 1 amide bonds. The monoisotopic (exact) mass is 331 g/mol. The molecule has 1 aliphatic carbocycles. The normalized spacial score (nSPS) is 27.5. The van der Waals surface area contributed by atoms with Gasteiger partial charge in [-0.05, 0) is 31.0 Å². The number of hydrogen-bond donors (Lipinski definition) is 3. The summed E-state index contributed by atoms with van der Waals surface area (Å²) in [6, 6.07) is 5.07. The lowest BCUT2D eigenvalue weighted by Gasteiger charge is -2.40. The molecule has 0 spiro atoms. The zero-order valence-electron chi connectivity index (χ0n) is 12.6. The molecule has 0 bridgehead atoms. The third-order valence-electron chi connectivity index (χ3n) is 4.89. The highest BCUT2D eigenvalue weighted by atomic mass is 35.5. The highest BCUT2D eigenvalue weighted by Gasteiger charge is 2.38. The lowest BCUT2D eigenvalue weighted by atomic mass is 9.86. The zero-order valence-corrected chi connectivity index (χ0v) is 13.3. The van der Waals surface area contributed by atoms with Crippen molar-refractivity contribution in [1.29, 1.82) is 0 Å². The molecule has 3 atom stereocenters. The van der Waals surface area contributed by atoms with E-state index in [1.807, 2.05) is 0 Å². The van der Waals surface area contributed by atoms with E-state index in [-0.39, 0.29) is 23.7 Å². The van der Waals surface area contributed by atoms with Gasteiger partial charge in [0.1, 0.15) is 17.3 Å². The fraction of sp³-hybridized carbons (Fsp3) is 0.412. The Kier molecular flexibility index (Phi) is 3.62. The molecule has 2 fully saturated rings. The van der Waals surface area contributed by atoms with Crippen molar-refractivity contribution in [2.45, 2.75) is 43.8 Å². The van der Waals surface area contributed by atoms with Crippen LogP contribution in [0.5, 0.6) is 5.75 Å². The quantitative estimate of drug-likeness (QED) is 0.751. The summed E-state index contributed by atoms with van der Waals surface area (Å²) in [6.45, 7) is 0. The molecule has 1 saturated carbocycles. The number of piperazine rings is 1. The highest BCUT2D eigenvalue weighted by Crippen LogP contribution is 2.38. The van der Waals surface area contributed by atoms with Gasteiger partial charge in [0.25, 0.3) is 0 Å². The summed E-state index contributed by atoms with van der Waals surface area (Å²) in [4.78, 5) is 16.7. The number of aromatic nitrogens is 1. The van der Waals surface area contributed by atoms with E-state index < -0.39 is 6.04 Å². The van der Waals surface area contributed by atoms with E-state index >= 15 is 0 Å². The first-order chi connectivity index (χ1) is 11.1. The maximum Gasteiger partial charge on any atom is 0.242 e. The number of aromatic hydroxyl groups is 1. The fourth-order valence-electron chi connectivity index (χ4n) is 3.72. The van der Waals surface area contributed by atoms with Crippen molar-refractivity contribution in [3.8, 4) is 5.75 Å². The van der Waals surface area contributed by atoms with Crippen LogP contribution in [0.25, 0.3) is 10.9 Å². The molecule has 2 heterocycles. The number of halogens is 1.